The summed E-state index contributed by atoms with van der Waals surface area (Å²) >= 11 is 0. The van der Waals surface area contributed by atoms with Gasteiger partial charge >= 0.3 is 0 Å². The highest BCUT2D eigenvalue weighted by Gasteiger charge is 1.95. The van der Waals surface area contributed by atoms with Crippen LogP contribution in [-0.4, -0.2) is 11.7 Å². The van der Waals surface area contributed by atoms with E-state index in [1.807, 2.05) is 12.1 Å². The summed E-state index contributed by atoms with van der Waals surface area (Å²) in [4.78, 5) is 0. The van der Waals surface area contributed by atoms with Crippen molar-refractivity contribution < 1.29 is 5.11 Å². The third-order valence-electron chi connectivity index (χ3n) is 3.15. The molecule has 102 valence electrons. The van der Waals surface area contributed by atoms with E-state index in [0.29, 0.717) is 5.75 Å². The fourth-order valence-corrected chi connectivity index (χ4v) is 2.00. The first-order chi connectivity index (χ1) is 8.68. The van der Waals surface area contributed by atoms with Crippen LogP contribution < -0.4 is 5.32 Å². The molecule has 0 aromatic heterocycles. The number of rotatable bonds is 9. The molecule has 1 aromatic carbocycles. The van der Waals surface area contributed by atoms with Crippen molar-refractivity contribution in [2.75, 3.05) is 6.54 Å². The average molecular weight is 249 g/mol. The van der Waals surface area contributed by atoms with Crippen LogP contribution >= 0.6 is 0 Å². The van der Waals surface area contributed by atoms with Gasteiger partial charge in [0.25, 0.3) is 0 Å². The van der Waals surface area contributed by atoms with Crippen molar-refractivity contribution in [3.05, 3.63) is 29.8 Å². The number of unbranched alkanes of at least 4 members (excludes halogenated alkanes) is 3. The Morgan fingerprint density at radius 2 is 1.67 bits per heavy atom. The van der Waals surface area contributed by atoms with Gasteiger partial charge in [-0.15, -0.1) is 0 Å². The molecule has 0 aliphatic rings. The minimum absolute atomic E-state index is 0.337. The molecule has 0 amide bonds. The molecule has 0 saturated heterocycles. The average Bonchev–Trinajstić information content (AvgIpc) is 2.34. The van der Waals surface area contributed by atoms with Crippen LogP contribution in [0, 0.1) is 5.92 Å². The Hall–Kier alpha value is -1.02. The predicted molar refractivity (Wildman–Crippen MR) is 77.7 cm³/mol. The van der Waals surface area contributed by atoms with Gasteiger partial charge in [0.1, 0.15) is 5.75 Å². The lowest BCUT2D eigenvalue weighted by Gasteiger charge is -2.06. The first-order valence-corrected chi connectivity index (χ1v) is 7.17. The molecule has 1 aromatic rings. The summed E-state index contributed by atoms with van der Waals surface area (Å²) in [6.07, 6.45) is 6.68. The molecule has 2 heteroatoms. The monoisotopic (exact) mass is 249 g/mol. The highest BCUT2D eigenvalue weighted by Crippen LogP contribution is 2.10. The number of nitrogens with one attached hydrogen (secondary N) is 1. The number of phenolic OH excluding ortho intramolecular Hbond substituents is 1. The number of hydrogen-bond donors (Lipinski definition) is 2. The van der Waals surface area contributed by atoms with Crippen molar-refractivity contribution in [1.82, 2.24) is 5.32 Å². The molecule has 0 bridgehead atoms. The number of benzene rings is 1. The van der Waals surface area contributed by atoms with Gasteiger partial charge in [-0.05, 0) is 36.6 Å². The molecule has 1 rings (SSSR count). The van der Waals surface area contributed by atoms with Gasteiger partial charge in [0, 0.05) is 6.54 Å². The molecule has 0 aliphatic carbocycles. The molecule has 0 heterocycles. The Labute approximate surface area is 111 Å². The summed E-state index contributed by atoms with van der Waals surface area (Å²) in [6, 6.07) is 7.40. The van der Waals surface area contributed by atoms with Crippen LogP contribution in [0.4, 0.5) is 0 Å². The van der Waals surface area contributed by atoms with Gasteiger partial charge in [0.05, 0.1) is 0 Å². The molecule has 0 spiro atoms. The Morgan fingerprint density at radius 1 is 1.00 bits per heavy atom. The van der Waals surface area contributed by atoms with Gasteiger partial charge in [-0.2, -0.15) is 0 Å². The van der Waals surface area contributed by atoms with E-state index in [1.54, 1.807) is 12.1 Å². The molecule has 0 fully saturated rings. The summed E-state index contributed by atoms with van der Waals surface area (Å²) in [5, 5.41) is 12.6. The first-order valence-electron chi connectivity index (χ1n) is 7.17. The molecule has 0 atom stereocenters. The maximum absolute atomic E-state index is 9.17. The zero-order chi connectivity index (χ0) is 13.2. The van der Waals surface area contributed by atoms with Crippen molar-refractivity contribution >= 4 is 0 Å². The second kappa shape index (κ2) is 8.98. The second-order valence-electron chi connectivity index (χ2n) is 5.44. The van der Waals surface area contributed by atoms with E-state index < -0.39 is 0 Å². The van der Waals surface area contributed by atoms with Crippen LogP contribution in [0.1, 0.15) is 51.5 Å². The molecule has 18 heavy (non-hydrogen) atoms. The van der Waals surface area contributed by atoms with E-state index >= 15 is 0 Å². The largest absolute Gasteiger partial charge is 0.508 e. The van der Waals surface area contributed by atoms with E-state index in [9.17, 15) is 0 Å². The first kappa shape index (κ1) is 15.0. The van der Waals surface area contributed by atoms with E-state index in [2.05, 4.69) is 19.2 Å². The SMILES string of the molecule is CC(C)CCCCCCNCc1ccc(O)cc1. The molecular weight excluding hydrogens is 222 g/mol. The number of hydrogen-bond acceptors (Lipinski definition) is 2. The topological polar surface area (TPSA) is 32.3 Å². The van der Waals surface area contributed by atoms with Crippen LogP contribution in [0.2, 0.25) is 0 Å². The van der Waals surface area contributed by atoms with Gasteiger partial charge < -0.3 is 10.4 Å². The fourth-order valence-electron chi connectivity index (χ4n) is 2.00. The normalized spacial score (nSPS) is 11.1. The fraction of sp³-hybridized carbons (Fsp3) is 0.625. The van der Waals surface area contributed by atoms with Crippen molar-refractivity contribution in [2.45, 2.75) is 52.5 Å². The summed E-state index contributed by atoms with van der Waals surface area (Å²) < 4.78 is 0. The third kappa shape index (κ3) is 7.33. The molecular formula is C16H27NO. The summed E-state index contributed by atoms with van der Waals surface area (Å²) in [7, 11) is 0. The van der Waals surface area contributed by atoms with Crippen LogP contribution in [-0.2, 0) is 6.54 Å². The zero-order valence-corrected chi connectivity index (χ0v) is 11.8. The molecule has 0 radical (unpaired) electrons. The van der Waals surface area contributed by atoms with Crippen molar-refractivity contribution in [2.24, 2.45) is 5.92 Å². The number of phenols is 1. The highest BCUT2D eigenvalue weighted by molar-refractivity contribution is 5.25. The lowest BCUT2D eigenvalue weighted by Crippen LogP contribution is -2.14. The van der Waals surface area contributed by atoms with Crippen molar-refractivity contribution in [3.8, 4) is 5.75 Å². The maximum atomic E-state index is 9.17. The van der Waals surface area contributed by atoms with Crippen LogP contribution in [0.3, 0.4) is 0 Å². The molecule has 2 nitrogen and oxygen atoms in total. The summed E-state index contributed by atoms with van der Waals surface area (Å²) in [5.74, 6) is 1.18. The number of aromatic hydroxyl groups is 1. The molecule has 0 unspecified atom stereocenters. The van der Waals surface area contributed by atoms with Gasteiger partial charge in [-0.1, -0.05) is 51.7 Å². The van der Waals surface area contributed by atoms with Gasteiger partial charge in [-0.25, -0.2) is 0 Å². The van der Waals surface area contributed by atoms with Crippen LogP contribution in [0.25, 0.3) is 0 Å². The van der Waals surface area contributed by atoms with Crippen LogP contribution in [0.15, 0.2) is 24.3 Å². The minimum atomic E-state index is 0.337. The highest BCUT2D eigenvalue weighted by atomic mass is 16.3. The summed E-state index contributed by atoms with van der Waals surface area (Å²) in [5.41, 5.74) is 1.23. The third-order valence-corrected chi connectivity index (χ3v) is 3.15. The Kier molecular flexibility index (Phi) is 7.51. The van der Waals surface area contributed by atoms with Crippen LogP contribution in [0.5, 0.6) is 5.75 Å². The Balaban J connectivity index is 1.94. The Bertz CT molecular complexity index is 305. The van der Waals surface area contributed by atoms with Gasteiger partial charge in [0.2, 0.25) is 0 Å². The van der Waals surface area contributed by atoms with Crippen molar-refractivity contribution in [3.63, 3.8) is 0 Å². The van der Waals surface area contributed by atoms with Gasteiger partial charge in [-0.3, -0.25) is 0 Å². The van der Waals surface area contributed by atoms with E-state index in [0.717, 1.165) is 19.0 Å². The molecule has 0 saturated carbocycles. The predicted octanol–water partition coefficient (Wildman–Crippen LogP) is 4.09. The quantitative estimate of drug-likeness (QED) is 0.646. The Morgan fingerprint density at radius 3 is 2.33 bits per heavy atom. The zero-order valence-electron chi connectivity index (χ0n) is 11.8. The smallest absolute Gasteiger partial charge is 0.115 e. The molecule has 0 aliphatic heterocycles. The van der Waals surface area contributed by atoms with E-state index in [1.165, 1.54) is 37.7 Å². The van der Waals surface area contributed by atoms with E-state index in [4.69, 9.17) is 5.11 Å². The second-order valence-corrected chi connectivity index (χ2v) is 5.44. The van der Waals surface area contributed by atoms with Crippen molar-refractivity contribution in [1.29, 1.82) is 0 Å². The minimum Gasteiger partial charge on any atom is -0.508 e. The maximum Gasteiger partial charge on any atom is 0.115 e. The lowest BCUT2D eigenvalue weighted by atomic mass is 10.0. The lowest BCUT2D eigenvalue weighted by molar-refractivity contribution is 0.475. The van der Waals surface area contributed by atoms with E-state index in [-0.39, 0.29) is 0 Å². The van der Waals surface area contributed by atoms with Gasteiger partial charge in [0.15, 0.2) is 0 Å². The molecule has 2 N–H and O–H groups in total. The standard InChI is InChI=1S/C16H27NO/c1-14(2)7-5-3-4-6-12-17-13-15-8-10-16(18)11-9-15/h8-11,14,17-18H,3-7,12-13H2,1-2H3. The summed E-state index contributed by atoms with van der Waals surface area (Å²) in [6.45, 7) is 6.56.